The minimum absolute atomic E-state index is 0.147. The molecular weight excluding hydrogens is 538 g/mol. The lowest BCUT2D eigenvalue weighted by atomic mass is 10.1. The number of carbonyl (C=O) groups is 2. The number of halogens is 5. The molecule has 0 saturated heterocycles. The van der Waals surface area contributed by atoms with E-state index in [0.29, 0.717) is 22.0 Å². The van der Waals surface area contributed by atoms with Crippen molar-refractivity contribution in [3.63, 3.8) is 0 Å². The van der Waals surface area contributed by atoms with Crippen LogP contribution >= 0.6 is 11.6 Å². The number of nitrogens with one attached hydrogen (secondary N) is 1. The summed E-state index contributed by atoms with van der Waals surface area (Å²) in [5.41, 5.74) is -1.23. The van der Waals surface area contributed by atoms with Gasteiger partial charge in [-0.05, 0) is 56.2 Å². The normalized spacial score (nSPS) is 12.8. The van der Waals surface area contributed by atoms with Crippen LogP contribution in [0.25, 0.3) is 0 Å². The Kier molecular flexibility index (Phi) is 9.95. The Morgan fingerprint density at radius 3 is 2.16 bits per heavy atom. The van der Waals surface area contributed by atoms with Gasteiger partial charge < -0.3 is 10.2 Å². The number of rotatable bonds is 10. The maximum absolute atomic E-state index is 13.5. The van der Waals surface area contributed by atoms with Gasteiger partial charge in [-0.15, -0.1) is 0 Å². The van der Waals surface area contributed by atoms with Crippen LogP contribution < -0.4 is 9.62 Å². The summed E-state index contributed by atoms with van der Waals surface area (Å²) >= 11 is 6.05. The Labute approximate surface area is 218 Å². The number of nitrogens with zero attached hydrogens (tertiary/aromatic N) is 2. The summed E-state index contributed by atoms with van der Waals surface area (Å²) in [6.45, 7) is 3.98. The van der Waals surface area contributed by atoms with Gasteiger partial charge in [0.05, 0.1) is 22.5 Å². The van der Waals surface area contributed by atoms with Crippen LogP contribution in [-0.4, -0.2) is 50.0 Å². The van der Waals surface area contributed by atoms with Crippen LogP contribution in [0.1, 0.15) is 38.3 Å². The van der Waals surface area contributed by atoms with Crippen molar-refractivity contribution in [2.45, 2.75) is 52.0 Å². The lowest BCUT2D eigenvalue weighted by molar-refractivity contribution is -0.140. The van der Waals surface area contributed by atoms with Gasteiger partial charge >= 0.3 is 6.18 Å². The van der Waals surface area contributed by atoms with Crippen LogP contribution in [0.4, 0.5) is 23.2 Å². The van der Waals surface area contributed by atoms with Crippen molar-refractivity contribution < 1.29 is 35.6 Å². The highest BCUT2D eigenvalue weighted by atomic mass is 35.5. The molecule has 2 aromatic carbocycles. The molecule has 0 aliphatic carbocycles. The Bertz CT molecular complexity index is 1220. The van der Waals surface area contributed by atoms with Gasteiger partial charge in [-0.3, -0.25) is 13.9 Å². The summed E-state index contributed by atoms with van der Waals surface area (Å²) in [5.74, 6) is -1.89. The summed E-state index contributed by atoms with van der Waals surface area (Å²) in [5, 5.41) is 2.38. The van der Waals surface area contributed by atoms with Crippen molar-refractivity contribution >= 4 is 39.1 Å². The van der Waals surface area contributed by atoms with E-state index in [1.165, 1.54) is 24.3 Å². The largest absolute Gasteiger partial charge is 0.416 e. The zero-order chi connectivity index (χ0) is 28.1. The Morgan fingerprint density at radius 2 is 1.68 bits per heavy atom. The molecule has 1 atom stereocenters. The highest BCUT2D eigenvalue weighted by Crippen LogP contribution is 2.36. The fourth-order valence-electron chi connectivity index (χ4n) is 3.56. The first-order chi connectivity index (χ1) is 17.0. The summed E-state index contributed by atoms with van der Waals surface area (Å²) in [7, 11) is -4.30. The van der Waals surface area contributed by atoms with Gasteiger partial charge in [-0.25, -0.2) is 12.8 Å². The Balaban J connectivity index is 2.54. The third-order valence-corrected chi connectivity index (χ3v) is 6.75. The first-order valence-electron chi connectivity index (χ1n) is 11.2. The summed E-state index contributed by atoms with van der Waals surface area (Å²) in [4.78, 5) is 27.5. The minimum Gasteiger partial charge on any atom is -0.352 e. The standard InChI is InChI=1S/C24H28ClF4N3O4S/c1-5-20(23(34)30-15(2)3)31(13-16-6-9-18(26)10-7-16)22(33)14-32(37(4,35)36)21-12-17(24(27,28)29)8-11-19(21)25/h6-12,15,20H,5,13-14H2,1-4H3,(H,30,34). The summed E-state index contributed by atoms with van der Waals surface area (Å²) in [6.07, 6.45) is -3.91. The second-order valence-electron chi connectivity index (χ2n) is 8.67. The van der Waals surface area contributed by atoms with E-state index in [2.05, 4.69) is 5.32 Å². The lowest BCUT2D eigenvalue weighted by Gasteiger charge is -2.33. The van der Waals surface area contributed by atoms with E-state index in [0.717, 1.165) is 17.2 Å². The molecule has 1 N–H and O–H groups in total. The van der Waals surface area contributed by atoms with Gasteiger partial charge in [-0.1, -0.05) is 30.7 Å². The average Bonchev–Trinajstić information content (AvgIpc) is 2.77. The van der Waals surface area contributed by atoms with E-state index < -0.39 is 57.7 Å². The Morgan fingerprint density at radius 1 is 1.08 bits per heavy atom. The molecule has 0 radical (unpaired) electrons. The molecule has 2 aromatic rings. The predicted octanol–water partition coefficient (Wildman–Crippen LogP) is 4.60. The third kappa shape index (κ3) is 8.32. The molecule has 0 fully saturated rings. The SMILES string of the molecule is CCC(C(=O)NC(C)C)N(Cc1ccc(F)cc1)C(=O)CN(c1cc(C(F)(F)F)ccc1Cl)S(C)(=O)=O. The van der Waals surface area contributed by atoms with Gasteiger partial charge in [-0.2, -0.15) is 13.2 Å². The molecule has 2 amide bonds. The van der Waals surface area contributed by atoms with Crippen molar-refractivity contribution in [2.24, 2.45) is 0 Å². The molecule has 0 aromatic heterocycles. The monoisotopic (exact) mass is 565 g/mol. The second-order valence-corrected chi connectivity index (χ2v) is 11.0. The molecule has 0 bridgehead atoms. The predicted molar refractivity (Wildman–Crippen MR) is 133 cm³/mol. The van der Waals surface area contributed by atoms with Crippen LogP contribution in [0.2, 0.25) is 5.02 Å². The number of hydrogen-bond acceptors (Lipinski definition) is 4. The number of anilines is 1. The van der Waals surface area contributed by atoms with Gasteiger partial charge in [0, 0.05) is 12.6 Å². The number of hydrogen-bond donors (Lipinski definition) is 1. The van der Waals surface area contributed by atoms with Crippen molar-refractivity contribution in [1.29, 1.82) is 0 Å². The van der Waals surface area contributed by atoms with Crippen LogP contribution in [0.3, 0.4) is 0 Å². The maximum atomic E-state index is 13.5. The van der Waals surface area contributed by atoms with E-state index in [1.54, 1.807) is 20.8 Å². The zero-order valence-electron chi connectivity index (χ0n) is 20.6. The molecule has 0 aliphatic heterocycles. The van der Waals surface area contributed by atoms with Gasteiger partial charge in [0.15, 0.2) is 0 Å². The van der Waals surface area contributed by atoms with E-state index in [4.69, 9.17) is 11.6 Å². The quantitative estimate of drug-likeness (QED) is 0.427. The molecule has 37 heavy (non-hydrogen) atoms. The lowest BCUT2D eigenvalue weighted by Crippen LogP contribution is -2.53. The van der Waals surface area contributed by atoms with E-state index in [9.17, 15) is 35.6 Å². The number of carbonyl (C=O) groups excluding carboxylic acids is 2. The maximum Gasteiger partial charge on any atom is 0.416 e. The summed E-state index contributed by atoms with van der Waals surface area (Å²) in [6, 6.07) is 5.96. The van der Waals surface area contributed by atoms with Gasteiger partial charge in [0.1, 0.15) is 18.4 Å². The number of alkyl halides is 3. The minimum atomic E-state index is -4.79. The van der Waals surface area contributed by atoms with Gasteiger partial charge in [0.2, 0.25) is 21.8 Å². The van der Waals surface area contributed by atoms with Crippen LogP contribution in [0.15, 0.2) is 42.5 Å². The molecule has 0 aliphatic rings. The van der Waals surface area contributed by atoms with Gasteiger partial charge in [0.25, 0.3) is 0 Å². The number of sulfonamides is 1. The van der Waals surface area contributed by atoms with Crippen molar-refractivity contribution in [2.75, 3.05) is 17.1 Å². The van der Waals surface area contributed by atoms with Crippen molar-refractivity contribution in [1.82, 2.24) is 10.2 Å². The number of amides is 2. The first-order valence-corrected chi connectivity index (χ1v) is 13.5. The number of benzene rings is 2. The van der Waals surface area contributed by atoms with Crippen LogP contribution in [0, 0.1) is 5.82 Å². The smallest absolute Gasteiger partial charge is 0.352 e. The average molecular weight is 566 g/mol. The van der Waals surface area contributed by atoms with E-state index in [1.807, 2.05) is 0 Å². The first kappa shape index (κ1) is 30.4. The molecule has 2 rings (SSSR count). The van der Waals surface area contributed by atoms with Crippen molar-refractivity contribution in [3.8, 4) is 0 Å². The fourth-order valence-corrected chi connectivity index (χ4v) is 4.68. The molecule has 0 saturated carbocycles. The topological polar surface area (TPSA) is 86.8 Å². The highest BCUT2D eigenvalue weighted by Gasteiger charge is 2.35. The molecule has 0 heterocycles. The molecule has 0 spiro atoms. The molecule has 7 nitrogen and oxygen atoms in total. The van der Waals surface area contributed by atoms with Crippen molar-refractivity contribution in [3.05, 3.63) is 64.4 Å². The van der Waals surface area contributed by atoms with Crippen LogP contribution in [0.5, 0.6) is 0 Å². The molecular formula is C24H28ClF4N3O4S. The Hall–Kier alpha value is -2.86. The second kappa shape index (κ2) is 12.1. The van der Waals surface area contributed by atoms with Crippen LogP contribution in [-0.2, 0) is 32.3 Å². The zero-order valence-corrected chi connectivity index (χ0v) is 22.2. The molecule has 13 heteroatoms. The third-order valence-electron chi connectivity index (χ3n) is 5.30. The van der Waals surface area contributed by atoms with E-state index in [-0.39, 0.29) is 24.0 Å². The molecule has 204 valence electrons. The molecule has 1 unspecified atom stereocenters. The summed E-state index contributed by atoms with van der Waals surface area (Å²) < 4.78 is 79.0. The van der Waals surface area contributed by atoms with E-state index >= 15 is 0 Å². The fraction of sp³-hybridized carbons (Fsp3) is 0.417. The highest BCUT2D eigenvalue weighted by molar-refractivity contribution is 7.92.